The fourth-order valence-corrected chi connectivity index (χ4v) is 2.05. The van der Waals surface area contributed by atoms with Gasteiger partial charge in [0.05, 0.1) is 0 Å². The lowest BCUT2D eigenvalue weighted by Crippen LogP contribution is -2.16. The van der Waals surface area contributed by atoms with Gasteiger partial charge in [-0.15, -0.1) is 0 Å². The van der Waals surface area contributed by atoms with Gasteiger partial charge in [-0.05, 0) is 19.8 Å². The third-order valence-corrected chi connectivity index (χ3v) is 2.80. The molecule has 0 radical (unpaired) electrons. The normalized spacial score (nSPS) is 16.7. The van der Waals surface area contributed by atoms with Gasteiger partial charge < -0.3 is 10.6 Å². The number of nitrogens with zero attached hydrogens (tertiary/aromatic N) is 2. The molecule has 4 nitrogen and oxygen atoms in total. The van der Waals surface area contributed by atoms with Crippen molar-refractivity contribution >= 4 is 11.6 Å². The first kappa shape index (κ1) is 10.2. The third kappa shape index (κ3) is 2.58. The molecule has 0 saturated heterocycles. The van der Waals surface area contributed by atoms with Crippen molar-refractivity contribution in [1.29, 1.82) is 0 Å². The average Bonchev–Trinajstić information content (AvgIpc) is 2.69. The molecule has 4 heteroatoms. The summed E-state index contributed by atoms with van der Waals surface area (Å²) in [5.74, 6) is 2.63. The van der Waals surface area contributed by atoms with Gasteiger partial charge in [-0.1, -0.05) is 12.8 Å². The smallest absolute Gasteiger partial charge is 0.132 e. The predicted molar refractivity (Wildman–Crippen MR) is 62.2 cm³/mol. The number of anilines is 2. The molecule has 82 valence electrons. The Kier molecular flexibility index (Phi) is 3.04. The molecular formula is C11H18N4. The van der Waals surface area contributed by atoms with Crippen LogP contribution >= 0.6 is 0 Å². The Bertz CT molecular complexity index is 331. The average molecular weight is 206 g/mol. The number of aromatic nitrogens is 2. The molecule has 1 aromatic heterocycles. The Morgan fingerprint density at radius 3 is 2.53 bits per heavy atom. The SMILES string of the molecule is CNc1cc(NC2CCCC2)nc(C)n1. The van der Waals surface area contributed by atoms with Gasteiger partial charge >= 0.3 is 0 Å². The fourth-order valence-electron chi connectivity index (χ4n) is 2.05. The van der Waals surface area contributed by atoms with Crippen LogP contribution < -0.4 is 10.6 Å². The lowest BCUT2D eigenvalue weighted by Gasteiger charge is -2.13. The highest BCUT2D eigenvalue weighted by Crippen LogP contribution is 2.22. The third-order valence-electron chi connectivity index (χ3n) is 2.80. The summed E-state index contributed by atoms with van der Waals surface area (Å²) < 4.78 is 0. The summed E-state index contributed by atoms with van der Waals surface area (Å²) >= 11 is 0. The first-order valence-electron chi connectivity index (χ1n) is 5.58. The first-order valence-corrected chi connectivity index (χ1v) is 5.58. The van der Waals surface area contributed by atoms with Crippen molar-refractivity contribution in [2.45, 2.75) is 38.6 Å². The van der Waals surface area contributed by atoms with Gasteiger partial charge in [0.15, 0.2) is 0 Å². The molecule has 0 aliphatic heterocycles. The van der Waals surface area contributed by atoms with E-state index in [9.17, 15) is 0 Å². The van der Waals surface area contributed by atoms with Crippen LogP contribution in [0.2, 0.25) is 0 Å². The molecule has 0 spiro atoms. The van der Waals surface area contributed by atoms with E-state index in [1.165, 1.54) is 25.7 Å². The minimum Gasteiger partial charge on any atom is -0.373 e. The van der Waals surface area contributed by atoms with E-state index in [0.717, 1.165) is 17.5 Å². The zero-order valence-corrected chi connectivity index (χ0v) is 9.38. The first-order chi connectivity index (χ1) is 7.28. The summed E-state index contributed by atoms with van der Waals surface area (Å²) in [7, 11) is 1.88. The second-order valence-electron chi connectivity index (χ2n) is 4.06. The zero-order valence-electron chi connectivity index (χ0n) is 9.38. The van der Waals surface area contributed by atoms with Gasteiger partial charge in [0, 0.05) is 19.2 Å². The largest absolute Gasteiger partial charge is 0.373 e. The molecule has 1 aliphatic carbocycles. The molecule has 2 rings (SSSR count). The van der Waals surface area contributed by atoms with E-state index in [2.05, 4.69) is 20.6 Å². The Balaban J connectivity index is 2.09. The van der Waals surface area contributed by atoms with Crippen molar-refractivity contribution in [1.82, 2.24) is 9.97 Å². The van der Waals surface area contributed by atoms with E-state index in [-0.39, 0.29) is 0 Å². The maximum atomic E-state index is 4.38. The van der Waals surface area contributed by atoms with Crippen LogP contribution in [0.25, 0.3) is 0 Å². The number of nitrogens with one attached hydrogen (secondary N) is 2. The second-order valence-corrected chi connectivity index (χ2v) is 4.06. The van der Waals surface area contributed by atoms with Crippen LogP contribution in [0.3, 0.4) is 0 Å². The minimum atomic E-state index is 0.601. The van der Waals surface area contributed by atoms with Crippen molar-refractivity contribution in [2.24, 2.45) is 0 Å². The second kappa shape index (κ2) is 4.47. The van der Waals surface area contributed by atoms with Crippen molar-refractivity contribution in [3.63, 3.8) is 0 Å². The molecule has 0 amide bonds. The van der Waals surface area contributed by atoms with Gasteiger partial charge in [-0.2, -0.15) is 0 Å². The van der Waals surface area contributed by atoms with Crippen molar-refractivity contribution < 1.29 is 0 Å². The number of hydrogen-bond donors (Lipinski definition) is 2. The number of rotatable bonds is 3. The molecule has 1 aliphatic rings. The van der Waals surface area contributed by atoms with Gasteiger partial charge in [-0.25, -0.2) is 9.97 Å². The summed E-state index contributed by atoms with van der Waals surface area (Å²) in [6, 6.07) is 2.56. The number of hydrogen-bond acceptors (Lipinski definition) is 4. The van der Waals surface area contributed by atoms with Crippen LogP contribution in [-0.2, 0) is 0 Å². The van der Waals surface area contributed by atoms with Crippen LogP contribution in [0.5, 0.6) is 0 Å². The summed E-state index contributed by atoms with van der Waals surface area (Å²) in [6.07, 6.45) is 5.19. The lowest BCUT2D eigenvalue weighted by molar-refractivity contribution is 0.748. The van der Waals surface area contributed by atoms with Crippen LogP contribution in [0.1, 0.15) is 31.5 Å². The monoisotopic (exact) mass is 206 g/mol. The molecule has 15 heavy (non-hydrogen) atoms. The topological polar surface area (TPSA) is 49.8 Å². The molecular weight excluding hydrogens is 188 g/mol. The van der Waals surface area contributed by atoms with Gasteiger partial charge in [-0.3, -0.25) is 0 Å². The zero-order chi connectivity index (χ0) is 10.7. The summed E-state index contributed by atoms with van der Waals surface area (Å²) in [5, 5.41) is 6.51. The molecule has 0 unspecified atom stereocenters. The highest BCUT2D eigenvalue weighted by atomic mass is 15.1. The highest BCUT2D eigenvalue weighted by Gasteiger charge is 2.15. The van der Waals surface area contributed by atoms with Crippen LogP contribution in [0.15, 0.2) is 6.07 Å². The Morgan fingerprint density at radius 1 is 1.20 bits per heavy atom. The van der Waals surface area contributed by atoms with Crippen LogP contribution in [0.4, 0.5) is 11.6 Å². The van der Waals surface area contributed by atoms with Gasteiger partial charge in [0.1, 0.15) is 17.5 Å². The molecule has 1 heterocycles. The van der Waals surface area contributed by atoms with Crippen molar-refractivity contribution in [3.05, 3.63) is 11.9 Å². The Morgan fingerprint density at radius 2 is 1.87 bits per heavy atom. The fraction of sp³-hybridized carbons (Fsp3) is 0.636. The minimum absolute atomic E-state index is 0.601. The van der Waals surface area contributed by atoms with E-state index >= 15 is 0 Å². The van der Waals surface area contributed by atoms with Crippen LogP contribution in [-0.4, -0.2) is 23.1 Å². The molecule has 0 atom stereocenters. The maximum absolute atomic E-state index is 4.38. The van der Waals surface area contributed by atoms with Crippen molar-refractivity contribution in [2.75, 3.05) is 17.7 Å². The molecule has 1 fully saturated rings. The molecule has 0 aromatic carbocycles. The molecule has 1 saturated carbocycles. The molecule has 2 N–H and O–H groups in total. The standard InChI is InChI=1S/C11H18N4/c1-8-13-10(12-2)7-11(14-8)15-9-5-3-4-6-9/h7,9H,3-6H2,1-2H3,(H2,12,13,14,15). The molecule has 1 aromatic rings. The Labute approximate surface area is 90.5 Å². The van der Waals surface area contributed by atoms with Crippen LogP contribution in [0, 0.1) is 6.92 Å². The lowest BCUT2D eigenvalue weighted by atomic mass is 10.2. The summed E-state index contributed by atoms with van der Waals surface area (Å²) in [4.78, 5) is 8.65. The van der Waals surface area contributed by atoms with E-state index in [0.29, 0.717) is 6.04 Å². The predicted octanol–water partition coefficient (Wildman–Crippen LogP) is 2.18. The molecule has 0 bridgehead atoms. The quantitative estimate of drug-likeness (QED) is 0.796. The van der Waals surface area contributed by atoms with E-state index in [4.69, 9.17) is 0 Å². The highest BCUT2D eigenvalue weighted by molar-refractivity contribution is 5.47. The van der Waals surface area contributed by atoms with E-state index in [1.54, 1.807) is 0 Å². The maximum Gasteiger partial charge on any atom is 0.132 e. The van der Waals surface area contributed by atoms with Gasteiger partial charge in [0.25, 0.3) is 0 Å². The summed E-state index contributed by atoms with van der Waals surface area (Å²) in [5.41, 5.74) is 0. The van der Waals surface area contributed by atoms with Gasteiger partial charge in [0.2, 0.25) is 0 Å². The van der Waals surface area contributed by atoms with E-state index < -0.39 is 0 Å². The van der Waals surface area contributed by atoms with Crippen molar-refractivity contribution in [3.8, 4) is 0 Å². The number of aryl methyl sites for hydroxylation is 1. The van der Waals surface area contributed by atoms with E-state index in [1.807, 2.05) is 20.0 Å². The Hall–Kier alpha value is -1.32. The summed E-state index contributed by atoms with van der Waals surface area (Å²) in [6.45, 7) is 1.92.